The van der Waals surface area contributed by atoms with Gasteiger partial charge in [-0.15, -0.1) is 10.2 Å². The number of anilines is 1. The zero-order valence-corrected chi connectivity index (χ0v) is 18.3. The van der Waals surface area contributed by atoms with Crippen molar-refractivity contribution in [1.29, 1.82) is 0 Å². The highest BCUT2D eigenvalue weighted by atomic mass is 32.2. The minimum absolute atomic E-state index is 0.0964. The summed E-state index contributed by atoms with van der Waals surface area (Å²) in [6.45, 7) is 6.20. The Bertz CT molecular complexity index is 1030. The molecule has 9 heteroatoms. The second-order valence-electron chi connectivity index (χ2n) is 6.71. The number of hydrogen-bond acceptors (Lipinski definition) is 8. The molecule has 162 valence electrons. The zero-order chi connectivity index (χ0) is 22.2. The zero-order valence-electron chi connectivity index (χ0n) is 17.5. The van der Waals surface area contributed by atoms with Crippen LogP contribution in [0.1, 0.15) is 34.3 Å². The van der Waals surface area contributed by atoms with Crippen LogP contribution in [0.25, 0.3) is 0 Å². The Labute approximate surface area is 184 Å². The van der Waals surface area contributed by atoms with Gasteiger partial charge < -0.3 is 19.2 Å². The second kappa shape index (κ2) is 10.6. The standard InChI is InChI=1S/C22H23N3O5S/c1-4-28-21(27)16-5-7-17(8-6-16)23-19(26)13-31-22-25-24-20(30-22)12-29-18-10-14(2)9-15(3)11-18/h5-11H,4,12-13H2,1-3H3,(H,23,26). The lowest BCUT2D eigenvalue weighted by atomic mass is 10.1. The van der Waals surface area contributed by atoms with Gasteiger partial charge in [-0.05, 0) is 68.3 Å². The molecule has 0 unspecified atom stereocenters. The maximum absolute atomic E-state index is 12.2. The molecule has 0 aliphatic rings. The number of aryl methyl sites for hydroxylation is 2. The van der Waals surface area contributed by atoms with Crippen LogP contribution in [0.4, 0.5) is 5.69 Å². The molecule has 0 fully saturated rings. The molecular formula is C22H23N3O5S. The summed E-state index contributed by atoms with van der Waals surface area (Å²) in [6, 6.07) is 12.4. The van der Waals surface area contributed by atoms with E-state index in [4.69, 9.17) is 13.9 Å². The van der Waals surface area contributed by atoms with E-state index >= 15 is 0 Å². The number of carbonyl (C=O) groups excluding carboxylic acids is 2. The van der Waals surface area contributed by atoms with Crippen LogP contribution in [0.3, 0.4) is 0 Å². The number of amides is 1. The van der Waals surface area contributed by atoms with E-state index in [-0.39, 0.29) is 23.5 Å². The van der Waals surface area contributed by atoms with E-state index < -0.39 is 5.97 Å². The first-order valence-corrected chi connectivity index (χ1v) is 10.6. The molecule has 0 spiro atoms. The minimum Gasteiger partial charge on any atom is -0.484 e. The first kappa shape index (κ1) is 22.4. The third-order valence-electron chi connectivity index (χ3n) is 4.01. The molecule has 3 aromatic rings. The molecule has 1 aromatic heterocycles. The van der Waals surface area contributed by atoms with Crippen LogP contribution in [-0.4, -0.2) is 34.4 Å². The topological polar surface area (TPSA) is 104 Å². The van der Waals surface area contributed by atoms with Gasteiger partial charge in [0.1, 0.15) is 5.75 Å². The van der Waals surface area contributed by atoms with Gasteiger partial charge in [0.15, 0.2) is 6.61 Å². The number of rotatable bonds is 9. The van der Waals surface area contributed by atoms with Crippen molar-refractivity contribution < 1.29 is 23.5 Å². The van der Waals surface area contributed by atoms with E-state index in [9.17, 15) is 9.59 Å². The van der Waals surface area contributed by atoms with Crippen LogP contribution >= 0.6 is 11.8 Å². The highest BCUT2D eigenvalue weighted by Gasteiger charge is 2.12. The van der Waals surface area contributed by atoms with E-state index in [1.54, 1.807) is 31.2 Å². The Hall–Kier alpha value is -3.33. The average molecular weight is 442 g/mol. The summed E-state index contributed by atoms with van der Waals surface area (Å²) in [6.07, 6.45) is 0. The number of aromatic nitrogens is 2. The summed E-state index contributed by atoms with van der Waals surface area (Å²) in [5.41, 5.74) is 3.22. The number of nitrogens with zero attached hydrogens (tertiary/aromatic N) is 2. The largest absolute Gasteiger partial charge is 0.484 e. The molecule has 0 saturated heterocycles. The molecule has 0 atom stereocenters. The smallest absolute Gasteiger partial charge is 0.338 e. The molecule has 3 rings (SSSR count). The van der Waals surface area contributed by atoms with Gasteiger partial charge >= 0.3 is 5.97 Å². The lowest BCUT2D eigenvalue weighted by Gasteiger charge is -2.06. The molecule has 0 radical (unpaired) electrons. The maximum atomic E-state index is 12.2. The van der Waals surface area contributed by atoms with Crippen LogP contribution in [0.15, 0.2) is 52.1 Å². The molecule has 8 nitrogen and oxygen atoms in total. The Balaban J connectivity index is 1.45. The lowest BCUT2D eigenvalue weighted by Crippen LogP contribution is -2.14. The number of carbonyl (C=O) groups is 2. The molecular weight excluding hydrogens is 418 g/mol. The van der Waals surface area contributed by atoms with Crippen LogP contribution in [-0.2, 0) is 16.1 Å². The average Bonchev–Trinajstić information content (AvgIpc) is 3.19. The molecule has 1 N–H and O–H groups in total. The number of hydrogen-bond donors (Lipinski definition) is 1. The van der Waals surface area contributed by atoms with Gasteiger partial charge in [-0.3, -0.25) is 4.79 Å². The number of nitrogens with one attached hydrogen (secondary N) is 1. The summed E-state index contributed by atoms with van der Waals surface area (Å²) in [7, 11) is 0. The monoisotopic (exact) mass is 441 g/mol. The van der Waals surface area contributed by atoms with E-state index in [1.807, 2.05) is 26.0 Å². The van der Waals surface area contributed by atoms with E-state index in [0.717, 1.165) is 28.6 Å². The van der Waals surface area contributed by atoms with Crippen molar-refractivity contribution in [3.8, 4) is 5.75 Å². The van der Waals surface area contributed by atoms with E-state index in [2.05, 4.69) is 21.6 Å². The first-order valence-electron chi connectivity index (χ1n) is 9.66. The Morgan fingerprint density at radius 1 is 1.06 bits per heavy atom. The van der Waals surface area contributed by atoms with Crippen LogP contribution in [0.2, 0.25) is 0 Å². The summed E-state index contributed by atoms with van der Waals surface area (Å²) in [5, 5.41) is 10.9. The fourth-order valence-electron chi connectivity index (χ4n) is 2.74. The molecule has 2 aromatic carbocycles. The van der Waals surface area contributed by atoms with Crippen molar-refractivity contribution in [3.05, 3.63) is 65.0 Å². The van der Waals surface area contributed by atoms with Crippen molar-refractivity contribution in [2.45, 2.75) is 32.6 Å². The highest BCUT2D eigenvalue weighted by molar-refractivity contribution is 7.99. The third-order valence-corrected chi connectivity index (χ3v) is 4.83. The molecule has 31 heavy (non-hydrogen) atoms. The van der Waals surface area contributed by atoms with Gasteiger partial charge in [0, 0.05) is 5.69 Å². The van der Waals surface area contributed by atoms with Crippen molar-refractivity contribution in [1.82, 2.24) is 10.2 Å². The predicted octanol–water partition coefficient (Wildman–Crippen LogP) is 4.17. The van der Waals surface area contributed by atoms with E-state index in [0.29, 0.717) is 23.7 Å². The van der Waals surface area contributed by atoms with Gasteiger partial charge in [-0.25, -0.2) is 4.79 Å². The first-order chi connectivity index (χ1) is 14.9. The predicted molar refractivity (Wildman–Crippen MR) is 116 cm³/mol. The minimum atomic E-state index is -0.398. The normalized spacial score (nSPS) is 10.5. The van der Waals surface area contributed by atoms with Crippen molar-refractivity contribution in [3.63, 3.8) is 0 Å². The highest BCUT2D eigenvalue weighted by Crippen LogP contribution is 2.20. The molecule has 0 aliphatic heterocycles. The lowest BCUT2D eigenvalue weighted by molar-refractivity contribution is -0.113. The second-order valence-corrected chi connectivity index (χ2v) is 7.64. The molecule has 1 heterocycles. The van der Waals surface area contributed by atoms with Crippen molar-refractivity contribution in [2.24, 2.45) is 0 Å². The van der Waals surface area contributed by atoms with Gasteiger partial charge in [-0.2, -0.15) is 0 Å². The quantitative estimate of drug-likeness (QED) is 0.390. The Kier molecular flexibility index (Phi) is 7.66. The maximum Gasteiger partial charge on any atom is 0.338 e. The van der Waals surface area contributed by atoms with Crippen LogP contribution < -0.4 is 10.1 Å². The summed E-state index contributed by atoms with van der Waals surface area (Å²) >= 11 is 1.13. The number of esters is 1. The van der Waals surface area contributed by atoms with Gasteiger partial charge in [0.2, 0.25) is 5.91 Å². The summed E-state index contributed by atoms with van der Waals surface area (Å²) in [5.74, 6) is 0.527. The molecule has 0 saturated carbocycles. The molecule has 0 aliphatic carbocycles. The van der Waals surface area contributed by atoms with E-state index in [1.165, 1.54) is 0 Å². The molecule has 0 bridgehead atoms. The summed E-state index contributed by atoms with van der Waals surface area (Å²) < 4.78 is 16.1. The van der Waals surface area contributed by atoms with Crippen LogP contribution in [0.5, 0.6) is 5.75 Å². The van der Waals surface area contributed by atoms with Gasteiger partial charge in [-0.1, -0.05) is 17.8 Å². The van der Waals surface area contributed by atoms with Gasteiger partial charge in [0.05, 0.1) is 17.9 Å². The SMILES string of the molecule is CCOC(=O)c1ccc(NC(=O)CSc2nnc(COc3cc(C)cc(C)c3)o2)cc1. The fourth-order valence-corrected chi connectivity index (χ4v) is 3.33. The summed E-state index contributed by atoms with van der Waals surface area (Å²) in [4.78, 5) is 23.8. The number of ether oxygens (including phenoxy) is 2. The third kappa shape index (κ3) is 6.85. The Morgan fingerprint density at radius 3 is 2.45 bits per heavy atom. The number of benzene rings is 2. The van der Waals surface area contributed by atoms with Gasteiger partial charge in [0.25, 0.3) is 11.1 Å². The number of thioether (sulfide) groups is 1. The fraction of sp³-hybridized carbons (Fsp3) is 0.273. The molecule has 1 amide bonds. The Morgan fingerprint density at radius 2 is 1.77 bits per heavy atom. The van der Waals surface area contributed by atoms with Crippen molar-refractivity contribution >= 4 is 29.3 Å². The van der Waals surface area contributed by atoms with Crippen molar-refractivity contribution in [2.75, 3.05) is 17.7 Å². The van der Waals surface area contributed by atoms with Crippen LogP contribution in [0, 0.1) is 13.8 Å².